The number of anilines is 1. The smallest absolute Gasteiger partial charge is 0.455 e. The minimum Gasteiger partial charge on any atom is -0.508 e. The van der Waals surface area contributed by atoms with E-state index in [-0.39, 0.29) is 47.3 Å². The van der Waals surface area contributed by atoms with Crippen LogP contribution >= 0.6 is 0 Å². The highest BCUT2D eigenvalue weighted by Gasteiger charge is 2.57. The minimum atomic E-state index is -1.06. The number of imide groups is 1. The molecule has 2 heterocycles. The van der Waals surface area contributed by atoms with Gasteiger partial charge < -0.3 is 14.8 Å². The van der Waals surface area contributed by atoms with E-state index in [0.29, 0.717) is 12.8 Å². The van der Waals surface area contributed by atoms with Crippen molar-refractivity contribution in [2.24, 2.45) is 17.8 Å². The Balaban J connectivity index is 1.44. The molecule has 10 heteroatoms. The number of aromatic hydroxyl groups is 1. The van der Waals surface area contributed by atoms with Gasteiger partial charge in [0.05, 0.1) is 28.6 Å². The predicted octanol–water partition coefficient (Wildman–Crippen LogP) is 5.68. The molecule has 2 aromatic rings. The number of fused-ring (bicyclic) bond motifs is 3. The van der Waals surface area contributed by atoms with E-state index in [2.05, 4.69) is 19.9 Å². The van der Waals surface area contributed by atoms with Crippen LogP contribution in [0.3, 0.4) is 0 Å². The molecule has 5 rings (SSSR count). The Morgan fingerprint density at radius 2 is 1.90 bits per heavy atom. The predicted molar refractivity (Wildman–Crippen MR) is 156 cm³/mol. The molecule has 4 atom stereocenters. The number of hydrogen-bond donors (Lipinski definition) is 2. The van der Waals surface area contributed by atoms with Gasteiger partial charge in [0, 0.05) is 12.1 Å². The lowest BCUT2D eigenvalue weighted by molar-refractivity contribution is -0.384. The van der Waals surface area contributed by atoms with Crippen LogP contribution in [0.2, 0.25) is 6.32 Å². The first kappa shape index (κ1) is 28.8. The molecule has 2 fully saturated rings. The number of nitrogens with zero attached hydrogens (tertiary/aromatic N) is 2. The molecule has 0 unspecified atom stereocenters. The first-order valence-electron chi connectivity index (χ1n) is 14.4. The van der Waals surface area contributed by atoms with E-state index in [1.807, 2.05) is 12.1 Å². The number of carbonyl (C=O) groups excluding carboxylic acids is 2. The minimum absolute atomic E-state index is 0.183. The third-order valence-corrected chi connectivity index (χ3v) is 8.60. The van der Waals surface area contributed by atoms with E-state index in [4.69, 9.17) is 4.65 Å². The number of phenolic OH excluding ortho intramolecular Hbond substituents is 1. The van der Waals surface area contributed by atoms with Gasteiger partial charge in [-0.25, -0.2) is 4.90 Å². The van der Waals surface area contributed by atoms with Crippen LogP contribution in [0.25, 0.3) is 6.08 Å². The van der Waals surface area contributed by atoms with Crippen molar-refractivity contribution in [3.63, 3.8) is 0 Å². The summed E-state index contributed by atoms with van der Waals surface area (Å²) in [6.07, 6.45) is 6.22. The number of allylic oxidation sites excluding steroid dienone is 2. The van der Waals surface area contributed by atoms with Gasteiger partial charge in [-0.15, -0.1) is 0 Å². The third-order valence-electron chi connectivity index (χ3n) is 8.60. The quantitative estimate of drug-likeness (QED) is 0.133. The normalized spacial score (nSPS) is 24.5. The maximum atomic E-state index is 13.9. The number of nitro benzene ring substituents is 1. The van der Waals surface area contributed by atoms with Crippen LogP contribution in [0.5, 0.6) is 5.75 Å². The summed E-state index contributed by atoms with van der Waals surface area (Å²) in [5.41, 5.74) is 4.38. The maximum Gasteiger partial charge on any atom is 0.455 e. The molecule has 0 radical (unpaired) electrons. The van der Waals surface area contributed by atoms with Crippen LogP contribution in [0.1, 0.15) is 57.9 Å². The molecule has 0 spiro atoms. The second-order valence-electron chi connectivity index (χ2n) is 11.1. The van der Waals surface area contributed by atoms with Gasteiger partial charge >= 0.3 is 7.12 Å². The number of amides is 2. The fourth-order valence-corrected chi connectivity index (χ4v) is 6.78. The highest BCUT2D eigenvalue weighted by Crippen LogP contribution is 2.52. The zero-order chi connectivity index (χ0) is 29.3. The monoisotopic (exact) mass is 558 g/mol. The molecule has 3 aliphatic rings. The molecule has 2 N–H and O–H groups in total. The fraction of sp³-hybridized carbons (Fsp3) is 0.419. The lowest BCUT2D eigenvalue weighted by Gasteiger charge is -2.43. The summed E-state index contributed by atoms with van der Waals surface area (Å²) < 4.78 is 6.11. The Bertz CT molecular complexity index is 1400. The fourth-order valence-electron chi connectivity index (χ4n) is 6.78. The van der Waals surface area contributed by atoms with Gasteiger partial charge in [0.15, 0.2) is 0 Å². The highest BCUT2D eigenvalue weighted by atomic mass is 16.6. The molecular formula is C31H35BN2O7. The Morgan fingerprint density at radius 1 is 1.15 bits per heavy atom. The first-order chi connectivity index (χ1) is 19.7. The van der Waals surface area contributed by atoms with Crippen LogP contribution in [-0.4, -0.2) is 40.1 Å². The molecule has 2 aromatic carbocycles. The second kappa shape index (κ2) is 12.0. The summed E-state index contributed by atoms with van der Waals surface area (Å²) in [6.45, 7) is 4.17. The number of hydrogen-bond acceptors (Lipinski definition) is 7. The molecular weight excluding hydrogens is 523 g/mol. The van der Waals surface area contributed by atoms with Gasteiger partial charge in [0.25, 0.3) is 5.69 Å². The van der Waals surface area contributed by atoms with E-state index < -0.39 is 23.9 Å². The number of nitro groups is 1. The molecule has 2 saturated heterocycles. The highest BCUT2D eigenvalue weighted by molar-refractivity contribution is 6.43. The van der Waals surface area contributed by atoms with Crippen molar-refractivity contribution < 1.29 is 29.3 Å². The van der Waals surface area contributed by atoms with Gasteiger partial charge in [0.2, 0.25) is 11.8 Å². The summed E-state index contributed by atoms with van der Waals surface area (Å²) in [6, 6.07) is 12.7. The third kappa shape index (κ3) is 5.71. The average Bonchev–Trinajstić information content (AvgIpc) is 3.21. The number of carbonyl (C=O) groups is 2. The van der Waals surface area contributed by atoms with Crippen LogP contribution in [0, 0.1) is 27.9 Å². The molecule has 2 aliphatic heterocycles. The maximum absolute atomic E-state index is 13.9. The SMILES string of the molecule is CCCC1=C2[C@@H](CC/C(=C/c3ccc(O)cc3)CC)OB(O)C[C@@H]2[C@@H]2C(=O)N(c3cccc([N+](=O)[O-])c3)C(=O)[C@@H]2C1. The van der Waals surface area contributed by atoms with Gasteiger partial charge in [-0.3, -0.25) is 19.7 Å². The average molecular weight is 558 g/mol. The van der Waals surface area contributed by atoms with E-state index >= 15 is 0 Å². The standard InChI is InChI=1S/C31H35BN2O7/c1-3-6-21-16-25-29(31(37)33(30(25)36)22-7-5-8-23(17-22)34(39)40)26-18-32(38)41-27(28(21)26)14-11-19(4-2)15-20-9-12-24(35)13-10-20/h5,7-10,12-13,15,17,25-27,29,35,38H,3-4,6,11,14,16,18H2,1-2H3/b19-15+/t25-,26+,27-,29-/m1/s1. The Labute approximate surface area is 239 Å². The zero-order valence-electron chi connectivity index (χ0n) is 23.4. The topological polar surface area (TPSA) is 130 Å². The van der Waals surface area contributed by atoms with Crippen LogP contribution in [0.4, 0.5) is 11.4 Å². The van der Waals surface area contributed by atoms with Gasteiger partial charge in [-0.1, -0.05) is 55.7 Å². The lowest BCUT2D eigenvalue weighted by atomic mass is 9.58. The molecule has 41 heavy (non-hydrogen) atoms. The summed E-state index contributed by atoms with van der Waals surface area (Å²) in [5, 5.41) is 31.8. The zero-order valence-corrected chi connectivity index (χ0v) is 23.4. The van der Waals surface area contributed by atoms with Crippen molar-refractivity contribution in [1.29, 1.82) is 0 Å². The largest absolute Gasteiger partial charge is 0.508 e. The summed E-state index contributed by atoms with van der Waals surface area (Å²) in [5.74, 6) is -2.04. The lowest BCUT2D eigenvalue weighted by Crippen LogP contribution is -2.46. The summed E-state index contributed by atoms with van der Waals surface area (Å²) in [4.78, 5) is 39.5. The number of benzene rings is 2. The van der Waals surface area contributed by atoms with E-state index in [1.54, 1.807) is 18.2 Å². The molecule has 0 saturated carbocycles. The van der Waals surface area contributed by atoms with Crippen molar-refractivity contribution in [1.82, 2.24) is 0 Å². The number of non-ortho nitro benzene ring substituents is 1. The molecule has 9 nitrogen and oxygen atoms in total. The summed E-state index contributed by atoms with van der Waals surface area (Å²) >= 11 is 0. The number of rotatable bonds is 9. The van der Waals surface area contributed by atoms with Crippen molar-refractivity contribution in [2.45, 2.75) is 64.8 Å². The van der Waals surface area contributed by atoms with E-state index in [1.165, 1.54) is 23.8 Å². The summed E-state index contributed by atoms with van der Waals surface area (Å²) in [7, 11) is -1.06. The van der Waals surface area contributed by atoms with E-state index in [9.17, 15) is 29.8 Å². The van der Waals surface area contributed by atoms with Crippen LogP contribution in [-0.2, 0) is 14.2 Å². The van der Waals surface area contributed by atoms with E-state index in [0.717, 1.165) is 47.3 Å². The Morgan fingerprint density at radius 3 is 2.59 bits per heavy atom. The number of phenols is 1. The van der Waals surface area contributed by atoms with Crippen molar-refractivity contribution in [2.75, 3.05) is 4.90 Å². The van der Waals surface area contributed by atoms with Crippen molar-refractivity contribution in [3.05, 3.63) is 80.9 Å². The Kier molecular flexibility index (Phi) is 8.42. The van der Waals surface area contributed by atoms with Crippen molar-refractivity contribution >= 4 is 36.4 Å². The van der Waals surface area contributed by atoms with Crippen LogP contribution < -0.4 is 4.90 Å². The van der Waals surface area contributed by atoms with Gasteiger partial charge in [-0.05, 0) is 73.7 Å². The van der Waals surface area contributed by atoms with Gasteiger partial charge in [0.1, 0.15) is 5.75 Å². The molecule has 214 valence electrons. The Hall–Kier alpha value is -3.76. The van der Waals surface area contributed by atoms with Gasteiger partial charge in [-0.2, -0.15) is 0 Å². The van der Waals surface area contributed by atoms with Crippen molar-refractivity contribution in [3.8, 4) is 5.75 Å². The first-order valence-corrected chi connectivity index (χ1v) is 14.4. The second-order valence-corrected chi connectivity index (χ2v) is 11.1. The molecule has 0 bridgehead atoms. The molecule has 2 amide bonds. The molecule has 0 aromatic heterocycles. The van der Waals surface area contributed by atoms with Crippen LogP contribution in [0.15, 0.2) is 65.3 Å². The molecule has 1 aliphatic carbocycles.